The van der Waals surface area contributed by atoms with Gasteiger partial charge in [-0.2, -0.15) is 13.2 Å². The molecule has 2 aromatic carbocycles. The molecule has 2 heterocycles. The minimum Gasteiger partial charge on any atom is -0.478 e. The zero-order valence-corrected chi connectivity index (χ0v) is 24.9. The SMILES string of the molecule is CCc1cnc(C2=NC(C)(C(C)C)C(=O)N2)c(C(=O)O)c1.O=C(O)c1cc(Oc2ccc(C(F)(F)F)cc2Cl)ccc1[N+](=O)[O-]. The molecule has 0 saturated heterocycles. The number of nitro groups is 1. The van der Waals surface area contributed by atoms with Crippen LogP contribution in [0.3, 0.4) is 0 Å². The number of aliphatic imine (C=N–C) groups is 1. The standard InChI is InChI=1S/C15H19N3O3.C14H7ClF3NO5/c1-5-9-6-10(13(19)20)11(16-7-9)12-17-14(21)15(4,18-12)8(2)3;15-10-5-7(14(16,17)18)1-4-12(10)24-8-2-3-11(19(22)23)9(6-8)13(20)21/h6-8H,5H2,1-4H3,(H,19,20)(H,17,18,21);1-6H,(H,20,21). The molecule has 4 rings (SSSR count). The van der Waals surface area contributed by atoms with Gasteiger partial charge in [0, 0.05) is 18.3 Å². The number of benzene rings is 2. The molecular weight excluding hydrogens is 625 g/mol. The zero-order valence-electron chi connectivity index (χ0n) is 24.1. The largest absolute Gasteiger partial charge is 0.478 e. The fourth-order valence-electron chi connectivity index (χ4n) is 3.90. The highest BCUT2D eigenvalue weighted by Crippen LogP contribution is 2.37. The predicted octanol–water partition coefficient (Wildman–Crippen LogP) is 6.39. The van der Waals surface area contributed by atoms with Crippen molar-refractivity contribution in [1.29, 1.82) is 0 Å². The minimum absolute atomic E-state index is 0.00167. The van der Waals surface area contributed by atoms with Crippen molar-refractivity contribution in [3.8, 4) is 11.5 Å². The van der Waals surface area contributed by atoms with Crippen LogP contribution in [0.25, 0.3) is 0 Å². The van der Waals surface area contributed by atoms with Crippen molar-refractivity contribution in [2.24, 2.45) is 10.9 Å². The lowest BCUT2D eigenvalue weighted by molar-refractivity contribution is -0.385. The van der Waals surface area contributed by atoms with Gasteiger partial charge in [0.25, 0.3) is 11.6 Å². The van der Waals surface area contributed by atoms with Gasteiger partial charge in [-0.3, -0.25) is 19.9 Å². The van der Waals surface area contributed by atoms with Crippen LogP contribution in [0.5, 0.6) is 11.5 Å². The van der Waals surface area contributed by atoms with Crippen molar-refractivity contribution in [3.05, 3.63) is 91.7 Å². The quantitative estimate of drug-likeness (QED) is 0.184. The molecule has 0 radical (unpaired) electrons. The lowest BCUT2D eigenvalue weighted by Crippen LogP contribution is -2.41. The van der Waals surface area contributed by atoms with E-state index in [9.17, 15) is 42.8 Å². The number of carbonyl (C=O) groups is 3. The molecular formula is C29H26ClF3N4O8. The lowest BCUT2D eigenvalue weighted by Gasteiger charge is -2.21. The minimum atomic E-state index is -4.58. The van der Waals surface area contributed by atoms with Crippen molar-refractivity contribution in [1.82, 2.24) is 10.3 Å². The molecule has 1 aromatic heterocycles. The second-order valence-corrected chi connectivity index (χ2v) is 10.5. The third-order valence-electron chi connectivity index (χ3n) is 6.85. The number of rotatable bonds is 8. The number of amidine groups is 1. The molecule has 0 fully saturated rings. The number of carbonyl (C=O) groups excluding carboxylic acids is 1. The number of hydrogen-bond donors (Lipinski definition) is 3. The summed E-state index contributed by atoms with van der Waals surface area (Å²) in [6.07, 6.45) is -2.27. The molecule has 45 heavy (non-hydrogen) atoms. The summed E-state index contributed by atoms with van der Waals surface area (Å²) < 4.78 is 42.9. The first-order chi connectivity index (χ1) is 20.9. The van der Waals surface area contributed by atoms with Gasteiger partial charge in [-0.05, 0) is 55.2 Å². The van der Waals surface area contributed by atoms with Gasteiger partial charge in [-0.25, -0.2) is 14.6 Å². The molecule has 1 atom stereocenters. The molecule has 16 heteroatoms. The van der Waals surface area contributed by atoms with E-state index in [2.05, 4.69) is 15.3 Å². The number of aryl methyl sites for hydroxylation is 1. The van der Waals surface area contributed by atoms with Crippen LogP contribution in [0.15, 0.2) is 53.7 Å². The number of nitro benzene ring substituents is 1. The summed E-state index contributed by atoms with van der Waals surface area (Å²) in [5.74, 6) is -2.91. The second-order valence-electron chi connectivity index (χ2n) is 10.1. The average Bonchev–Trinajstić information content (AvgIpc) is 3.28. The number of nitrogens with zero attached hydrogens (tertiary/aromatic N) is 3. The van der Waals surface area contributed by atoms with Crippen LogP contribution in [0.1, 0.15) is 65.2 Å². The molecule has 1 amide bonds. The fourth-order valence-corrected chi connectivity index (χ4v) is 4.12. The molecule has 3 N–H and O–H groups in total. The van der Waals surface area contributed by atoms with E-state index in [1.807, 2.05) is 20.8 Å². The van der Waals surface area contributed by atoms with Crippen molar-refractivity contribution >= 4 is 41.0 Å². The van der Waals surface area contributed by atoms with Crippen LogP contribution in [-0.4, -0.2) is 49.3 Å². The number of alkyl halides is 3. The van der Waals surface area contributed by atoms with Gasteiger partial charge in [0.15, 0.2) is 5.84 Å². The summed E-state index contributed by atoms with van der Waals surface area (Å²) in [5, 5.41) is 31.4. The summed E-state index contributed by atoms with van der Waals surface area (Å²) in [6, 6.07) is 6.84. The Labute approximate surface area is 258 Å². The molecule has 238 valence electrons. The first-order valence-electron chi connectivity index (χ1n) is 13.1. The Bertz CT molecular complexity index is 1710. The van der Waals surface area contributed by atoms with E-state index in [4.69, 9.17) is 21.4 Å². The van der Waals surface area contributed by atoms with E-state index in [0.29, 0.717) is 12.5 Å². The monoisotopic (exact) mass is 650 g/mol. The molecule has 0 spiro atoms. The number of nitrogens with one attached hydrogen (secondary N) is 1. The van der Waals surface area contributed by atoms with Gasteiger partial charge in [0.1, 0.15) is 28.3 Å². The normalized spacial score (nSPS) is 15.9. The maximum absolute atomic E-state index is 12.6. The lowest BCUT2D eigenvalue weighted by atomic mass is 9.89. The number of carboxylic acids is 2. The van der Waals surface area contributed by atoms with E-state index in [-0.39, 0.29) is 45.4 Å². The molecule has 0 bridgehead atoms. The number of halogens is 4. The van der Waals surface area contributed by atoms with Crippen molar-refractivity contribution in [3.63, 3.8) is 0 Å². The summed E-state index contributed by atoms with van der Waals surface area (Å²) in [5.41, 5.74) is -2.05. The van der Waals surface area contributed by atoms with E-state index in [1.165, 1.54) is 0 Å². The summed E-state index contributed by atoms with van der Waals surface area (Å²) >= 11 is 5.72. The van der Waals surface area contributed by atoms with Crippen molar-refractivity contribution < 1.29 is 47.4 Å². The van der Waals surface area contributed by atoms with Crippen LogP contribution >= 0.6 is 11.6 Å². The van der Waals surface area contributed by atoms with Crippen LogP contribution in [0.2, 0.25) is 5.02 Å². The third kappa shape index (κ3) is 7.73. The van der Waals surface area contributed by atoms with E-state index >= 15 is 0 Å². The smallest absolute Gasteiger partial charge is 0.416 e. The summed E-state index contributed by atoms with van der Waals surface area (Å²) in [7, 11) is 0. The van der Waals surface area contributed by atoms with Gasteiger partial charge < -0.3 is 20.3 Å². The maximum atomic E-state index is 12.6. The highest BCUT2D eigenvalue weighted by molar-refractivity contribution is 6.32. The molecule has 0 aliphatic carbocycles. The van der Waals surface area contributed by atoms with Crippen LogP contribution in [0.4, 0.5) is 18.9 Å². The Balaban J connectivity index is 0.000000248. The Morgan fingerprint density at radius 1 is 1.11 bits per heavy atom. The number of aromatic carboxylic acids is 2. The highest BCUT2D eigenvalue weighted by atomic mass is 35.5. The zero-order chi connectivity index (χ0) is 33.9. The van der Waals surface area contributed by atoms with Crippen molar-refractivity contribution in [2.75, 3.05) is 0 Å². The Morgan fingerprint density at radius 2 is 1.76 bits per heavy atom. The first-order valence-corrected chi connectivity index (χ1v) is 13.5. The second kappa shape index (κ2) is 13.3. The van der Waals surface area contributed by atoms with E-state index in [1.54, 1.807) is 19.2 Å². The molecule has 1 unspecified atom stereocenters. The Kier molecular flexibility index (Phi) is 10.2. The summed E-state index contributed by atoms with van der Waals surface area (Å²) in [4.78, 5) is 53.0. The van der Waals surface area contributed by atoms with Gasteiger partial charge in [-0.15, -0.1) is 0 Å². The van der Waals surface area contributed by atoms with Crippen LogP contribution in [-0.2, 0) is 17.4 Å². The molecule has 1 aliphatic heterocycles. The fraction of sp³-hybridized carbons (Fsp3) is 0.276. The van der Waals surface area contributed by atoms with Gasteiger partial charge >= 0.3 is 18.1 Å². The van der Waals surface area contributed by atoms with Gasteiger partial charge in [-0.1, -0.05) is 32.4 Å². The predicted molar refractivity (Wildman–Crippen MR) is 155 cm³/mol. The average molecular weight is 651 g/mol. The first kappa shape index (κ1) is 34.4. The Morgan fingerprint density at radius 3 is 2.24 bits per heavy atom. The van der Waals surface area contributed by atoms with Gasteiger partial charge in [0.2, 0.25) is 0 Å². The number of aromatic nitrogens is 1. The number of pyridine rings is 1. The number of ether oxygens (including phenoxy) is 1. The maximum Gasteiger partial charge on any atom is 0.416 e. The summed E-state index contributed by atoms with van der Waals surface area (Å²) in [6.45, 7) is 7.46. The highest BCUT2D eigenvalue weighted by Gasteiger charge is 2.43. The number of hydrogen-bond acceptors (Lipinski definition) is 8. The van der Waals surface area contributed by atoms with Crippen LogP contribution < -0.4 is 10.1 Å². The molecule has 0 saturated carbocycles. The molecule has 12 nitrogen and oxygen atoms in total. The van der Waals surface area contributed by atoms with Crippen LogP contribution in [0, 0.1) is 16.0 Å². The van der Waals surface area contributed by atoms with Crippen molar-refractivity contribution in [2.45, 2.75) is 45.8 Å². The third-order valence-corrected chi connectivity index (χ3v) is 7.14. The topological polar surface area (TPSA) is 181 Å². The number of carboxylic acid groups (broad SMARTS) is 2. The van der Waals surface area contributed by atoms with Gasteiger partial charge in [0.05, 0.1) is 21.1 Å². The number of amides is 1. The van der Waals surface area contributed by atoms with E-state index < -0.39 is 45.4 Å². The Hall–Kier alpha value is -5.05. The molecule has 3 aromatic rings. The van der Waals surface area contributed by atoms with E-state index in [0.717, 1.165) is 35.9 Å². The molecule has 1 aliphatic rings.